The summed E-state index contributed by atoms with van der Waals surface area (Å²) in [6.45, 7) is 4.91. The van der Waals surface area contributed by atoms with Crippen molar-refractivity contribution in [3.8, 4) is 16.9 Å². The summed E-state index contributed by atoms with van der Waals surface area (Å²) in [7, 11) is 1.56. The lowest BCUT2D eigenvalue weighted by Gasteiger charge is -2.24. The number of halogens is 1. The average Bonchev–Trinajstić information content (AvgIpc) is 2.73. The number of hydrogen-bond donors (Lipinski definition) is 0. The van der Waals surface area contributed by atoms with Gasteiger partial charge in [-0.2, -0.15) is 0 Å². The molecule has 1 aliphatic heterocycles. The molecule has 3 rings (SSSR count). The van der Waals surface area contributed by atoms with Crippen LogP contribution in [0.1, 0.15) is 44.2 Å². The molecule has 1 atom stereocenters. The van der Waals surface area contributed by atoms with E-state index in [1.807, 2.05) is 32.0 Å². The van der Waals surface area contributed by atoms with E-state index in [1.54, 1.807) is 19.2 Å². The molecule has 2 aromatic rings. The van der Waals surface area contributed by atoms with Gasteiger partial charge in [0.2, 0.25) is 0 Å². The minimum atomic E-state index is -0.559. The molecule has 1 fully saturated rings. The molecule has 1 saturated heterocycles. The van der Waals surface area contributed by atoms with Crippen molar-refractivity contribution in [3.05, 3.63) is 53.3 Å². The third kappa shape index (κ3) is 5.64. The topological polar surface area (TPSA) is 44.8 Å². The predicted molar refractivity (Wildman–Crippen MR) is 110 cm³/mol. The van der Waals surface area contributed by atoms with Gasteiger partial charge in [0.05, 0.1) is 13.7 Å². The maximum Gasteiger partial charge on any atom is 0.158 e. The Morgan fingerprint density at radius 3 is 2.69 bits per heavy atom. The van der Waals surface area contributed by atoms with Crippen molar-refractivity contribution >= 4 is 6.29 Å². The number of ether oxygens (including phenoxy) is 3. The Hall–Kier alpha value is -2.24. The number of methoxy groups -OCH3 is 1. The van der Waals surface area contributed by atoms with Crippen LogP contribution in [0.5, 0.6) is 5.75 Å². The van der Waals surface area contributed by atoms with Gasteiger partial charge in [-0.1, -0.05) is 32.0 Å². The summed E-state index contributed by atoms with van der Waals surface area (Å²) in [6, 6.07) is 10.5. The summed E-state index contributed by atoms with van der Waals surface area (Å²) in [4.78, 5) is 11.5. The Bertz CT molecular complexity index is 841. The summed E-state index contributed by atoms with van der Waals surface area (Å²) in [5.41, 5.74) is 2.54. The lowest BCUT2D eigenvalue weighted by molar-refractivity contribution is -0.168. The second kappa shape index (κ2) is 9.51. The van der Waals surface area contributed by atoms with E-state index in [4.69, 9.17) is 14.2 Å². The molecule has 0 N–H and O–H groups in total. The Balaban J connectivity index is 1.91. The summed E-state index contributed by atoms with van der Waals surface area (Å²) >= 11 is 0. The fraction of sp³-hybridized carbons (Fsp3) is 0.458. The molecule has 0 aliphatic carbocycles. The largest absolute Gasteiger partial charge is 0.497 e. The van der Waals surface area contributed by atoms with Gasteiger partial charge in [-0.25, -0.2) is 4.39 Å². The van der Waals surface area contributed by atoms with Crippen molar-refractivity contribution < 1.29 is 23.4 Å². The van der Waals surface area contributed by atoms with Crippen molar-refractivity contribution in [3.63, 3.8) is 0 Å². The molecule has 4 nitrogen and oxygen atoms in total. The van der Waals surface area contributed by atoms with E-state index in [2.05, 4.69) is 0 Å². The number of hydrogen-bond acceptors (Lipinski definition) is 4. The molecule has 5 heteroatoms. The first kappa shape index (κ1) is 21.5. The first-order valence-electron chi connectivity index (χ1n) is 10.1. The van der Waals surface area contributed by atoms with E-state index < -0.39 is 5.41 Å². The number of carbonyl (C=O) groups is 1. The molecule has 0 amide bonds. The van der Waals surface area contributed by atoms with Crippen LogP contribution in [0.15, 0.2) is 36.4 Å². The maximum atomic E-state index is 14.6. The predicted octanol–water partition coefficient (Wildman–Crippen LogP) is 5.31. The fourth-order valence-electron chi connectivity index (χ4n) is 3.55. The normalized spacial score (nSPS) is 17.2. The van der Waals surface area contributed by atoms with Gasteiger partial charge in [-0.15, -0.1) is 0 Å². The molecule has 1 unspecified atom stereocenters. The van der Waals surface area contributed by atoms with Crippen LogP contribution in [0.4, 0.5) is 4.39 Å². The molecule has 1 aliphatic rings. The highest BCUT2D eigenvalue weighted by Crippen LogP contribution is 2.34. The Morgan fingerprint density at radius 1 is 1.17 bits per heavy atom. The van der Waals surface area contributed by atoms with E-state index >= 15 is 0 Å². The highest BCUT2D eigenvalue weighted by atomic mass is 19.1. The molecule has 0 bridgehead atoms. The van der Waals surface area contributed by atoms with Crippen LogP contribution >= 0.6 is 0 Å². The van der Waals surface area contributed by atoms with Crippen LogP contribution in [0, 0.1) is 11.2 Å². The van der Waals surface area contributed by atoms with Gasteiger partial charge < -0.3 is 19.0 Å². The quantitative estimate of drug-likeness (QED) is 0.563. The van der Waals surface area contributed by atoms with E-state index in [9.17, 15) is 9.18 Å². The minimum absolute atomic E-state index is 0.172. The summed E-state index contributed by atoms with van der Waals surface area (Å²) in [5, 5.41) is 0. The molecule has 156 valence electrons. The van der Waals surface area contributed by atoms with E-state index in [1.165, 1.54) is 6.07 Å². The zero-order valence-electron chi connectivity index (χ0n) is 17.4. The van der Waals surface area contributed by atoms with Crippen LogP contribution in [0.25, 0.3) is 11.1 Å². The van der Waals surface area contributed by atoms with E-state index in [-0.39, 0.29) is 12.1 Å². The van der Waals surface area contributed by atoms with E-state index in [0.29, 0.717) is 24.3 Å². The lowest BCUT2D eigenvalue weighted by Crippen LogP contribution is -2.22. The summed E-state index contributed by atoms with van der Waals surface area (Å²) < 4.78 is 31.4. The van der Waals surface area contributed by atoms with Crippen LogP contribution in [-0.4, -0.2) is 26.3 Å². The second-order valence-corrected chi connectivity index (χ2v) is 8.23. The Morgan fingerprint density at radius 2 is 2.00 bits per heavy atom. The molecule has 2 aromatic carbocycles. The second-order valence-electron chi connectivity index (χ2n) is 8.23. The summed E-state index contributed by atoms with van der Waals surface area (Å²) in [5.74, 6) is 0.263. The van der Waals surface area contributed by atoms with Crippen molar-refractivity contribution in [2.75, 3.05) is 13.7 Å². The van der Waals surface area contributed by atoms with Crippen LogP contribution in [0.3, 0.4) is 0 Å². The molecule has 0 aromatic heterocycles. The van der Waals surface area contributed by atoms with Gasteiger partial charge in [0.15, 0.2) is 6.29 Å². The third-order valence-corrected chi connectivity index (χ3v) is 5.17. The Kier molecular flexibility index (Phi) is 7.04. The van der Waals surface area contributed by atoms with Gasteiger partial charge in [0.1, 0.15) is 17.9 Å². The van der Waals surface area contributed by atoms with Crippen molar-refractivity contribution in [2.45, 2.75) is 52.4 Å². The minimum Gasteiger partial charge on any atom is -0.497 e. The van der Waals surface area contributed by atoms with Crippen molar-refractivity contribution in [1.82, 2.24) is 0 Å². The van der Waals surface area contributed by atoms with Gasteiger partial charge in [-0.05, 0) is 60.6 Å². The third-order valence-electron chi connectivity index (χ3n) is 5.17. The zero-order valence-corrected chi connectivity index (χ0v) is 17.4. The fourth-order valence-corrected chi connectivity index (χ4v) is 3.55. The van der Waals surface area contributed by atoms with Crippen LogP contribution in [0.2, 0.25) is 0 Å². The summed E-state index contributed by atoms with van der Waals surface area (Å²) in [6.07, 6.45) is 4.35. The van der Waals surface area contributed by atoms with Crippen LogP contribution in [-0.2, 0) is 27.3 Å². The molecule has 1 heterocycles. The van der Waals surface area contributed by atoms with Gasteiger partial charge >= 0.3 is 0 Å². The smallest absolute Gasteiger partial charge is 0.158 e. The first-order chi connectivity index (χ1) is 13.9. The van der Waals surface area contributed by atoms with E-state index in [0.717, 1.165) is 48.8 Å². The Labute approximate surface area is 172 Å². The molecule has 0 radical (unpaired) electrons. The van der Waals surface area contributed by atoms with Gasteiger partial charge in [0, 0.05) is 17.6 Å². The highest BCUT2D eigenvalue weighted by Gasteiger charge is 2.22. The molecular weight excluding hydrogens is 371 g/mol. The van der Waals surface area contributed by atoms with Gasteiger partial charge in [-0.3, -0.25) is 0 Å². The molecule has 29 heavy (non-hydrogen) atoms. The molecular formula is C24H29FO4. The lowest BCUT2D eigenvalue weighted by atomic mass is 9.83. The standard InChI is InChI=1S/C24H29FO4/c1-24(2,16-26)14-18-12-17(15-29-23-6-4-5-11-28-23)7-9-20(18)21-13-19(27-3)8-10-22(21)25/h7-10,12-13,16,23H,4-6,11,14-15H2,1-3H3. The van der Waals surface area contributed by atoms with Crippen molar-refractivity contribution in [2.24, 2.45) is 5.41 Å². The molecule has 0 saturated carbocycles. The number of benzene rings is 2. The number of aldehydes is 1. The van der Waals surface area contributed by atoms with Crippen LogP contribution < -0.4 is 4.74 Å². The number of rotatable bonds is 8. The average molecular weight is 400 g/mol. The maximum absolute atomic E-state index is 14.6. The SMILES string of the molecule is COc1ccc(F)c(-c2ccc(COC3CCCCO3)cc2CC(C)(C)C=O)c1. The van der Waals surface area contributed by atoms with Crippen molar-refractivity contribution in [1.29, 1.82) is 0 Å². The monoisotopic (exact) mass is 400 g/mol. The van der Waals surface area contributed by atoms with Gasteiger partial charge in [0.25, 0.3) is 0 Å². The molecule has 0 spiro atoms. The number of carbonyl (C=O) groups excluding carboxylic acids is 1. The zero-order chi connectivity index (χ0) is 20.9. The highest BCUT2D eigenvalue weighted by molar-refractivity contribution is 5.71. The first-order valence-corrected chi connectivity index (χ1v) is 10.1.